The van der Waals surface area contributed by atoms with Gasteiger partial charge >= 0.3 is 5.97 Å². The largest absolute Gasteiger partial charge is 0.455 e. The zero-order chi connectivity index (χ0) is 27.6. The minimum atomic E-state index is -0.617. The lowest BCUT2D eigenvalue weighted by Gasteiger charge is -2.33. The first-order valence-electron chi connectivity index (χ1n) is 15.1. The second-order valence-corrected chi connectivity index (χ2v) is 11.6. The van der Waals surface area contributed by atoms with E-state index in [1.807, 2.05) is 25.1 Å². The van der Waals surface area contributed by atoms with Gasteiger partial charge in [-0.3, -0.25) is 4.79 Å². The summed E-state index contributed by atoms with van der Waals surface area (Å²) in [6.45, 7) is 7.74. The molecule has 2 rings (SSSR count). The molecule has 0 spiro atoms. The number of benzene rings is 2. The van der Waals surface area contributed by atoms with Crippen molar-refractivity contribution in [2.75, 3.05) is 20.6 Å². The summed E-state index contributed by atoms with van der Waals surface area (Å²) in [7, 11) is 4.34. The summed E-state index contributed by atoms with van der Waals surface area (Å²) in [4.78, 5) is 13.0. The third kappa shape index (κ3) is 13.5. The van der Waals surface area contributed by atoms with Crippen LogP contribution in [0.4, 0.5) is 0 Å². The highest BCUT2D eigenvalue weighted by Gasteiger charge is 2.29. The minimum absolute atomic E-state index is 0.164. The Bertz CT molecular complexity index is 896. The van der Waals surface area contributed by atoms with Crippen molar-refractivity contribution in [1.29, 1.82) is 0 Å². The predicted octanol–water partition coefficient (Wildman–Crippen LogP) is 8.72. The summed E-state index contributed by atoms with van der Waals surface area (Å²) < 4.78 is 12.5. The van der Waals surface area contributed by atoms with Gasteiger partial charge in [0.05, 0.1) is 20.6 Å². The van der Waals surface area contributed by atoms with Crippen LogP contribution in [-0.4, -0.2) is 37.4 Å². The molecule has 2 aromatic carbocycles. The number of esters is 1. The summed E-state index contributed by atoms with van der Waals surface area (Å²) in [6.07, 6.45) is 14.7. The Balaban J connectivity index is 1.71. The molecule has 2 atom stereocenters. The van der Waals surface area contributed by atoms with Gasteiger partial charge in [-0.15, -0.1) is 0 Å². The van der Waals surface area contributed by atoms with Gasteiger partial charge in [0.25, 0.3) is 0 Å². The van der Waals surface area contributed by atoms with E-state index in [0.29, 0.717) is 0 Å². The molecule has 0 radical (unpaired) electrons. The summed E-state index contributed by atoms with van der Waals surface area (Å²) in [5.41, 5.74) is 2.56. The van der Waals surface area contributed by atoms with Crippen LogP contribution in [0, 0.1) is 5.92 Å². The Morgan fingerprint density at radius 3 is 2.03 bits per heavy atom. The second-order valence-electron chi connectivity index (χ2n) is 11.6. The standard InChI is InChI=1S/C34H54NO3/c1-6-8-9-10-11-12-13-14-15-17-21-30-24-20-25-33(26-30)37-29(3)38-34(36)32(7-2)28-35(4,5)27-31-22-18-16-19-23-31/h16,18-20,22-26,29,32H,6-15,17,21,27-28H2,1-5H3/q+1. The van der Waals surface area contributed by atoms with Crippen LogP contribution in [0.3, 0.4) is 0 Å². The van der Waals surface area contributed by atoms with E-state index in [2.05, 4.69) is 64.3 Å². The lowest BCUT2D eigenvalue weighted by atomic mass is 10.0. The highest BCUT2D eigenvalue weighted by atomic mass is 16.7. The Hall–Kier alpha value is -2.33. The third-order valence-corrected chi connectivity index (χ3v) is 7.30. The van der Waals surface area contributed by atoms with E-state index < -0.39 is 6.29 Å². The van der Waals surface area contributed by atoms with Gasteiger partial charge in [-0.1, -0.05) is 114 Å². The van der Waals surface area contributed by atoms with E-state index in [-0.39, 0.29) is 11.9 Å². The van der Waals surface area contributed by atoms with Crippen LogP contribution >= 0.6 is 0 Å². The first kappa shape index (κ1) is 31.9. The van der Waals surface area contributed by atoms with Crippen molar-refractivity contribution >= 4 is 5.97 Å². The topological polar surface area (TPSA) is 35.5 Å². The van der Waals surface area contributed by atoms with E-state index in [1.54, 1.807) is 0 Å². The van der Waals surface area contributed by atoms with E-state index in [0.717, 1.165) is 36.2 Å². The van der Waals surface area contributed by atoms with Crippen LogP contribution in [0.2, 0.25) is 0 Å². The normalized spacial score (nSPS) is 13.2. The van der Waals surface area contributed by atoms with Crippen LogP contribution < -0.4 is 4.74 Å². The molecule has 0 saturated carbocycles. The van der Waals surface area contributed by atoms with Crippen molar-refractivity contribution < 1.29 is 18.8 Å². The zero-order valence-corrected chi connectivity index (χ0v) is 24.9. The van der Waals surface area contributed by atoms with E-state index in [4.69, 9.17) is 9.47 Å². The molecule has 212 valence electrons. The quantitative estimate of drug-likeness (QED) is 0.0752. The molecule has 0 heterocycles. The van der Waals surface area contributed by atoms with Crippen molar-refractivity contribution in [2.45, 2.75) is 111 Å². The number of unbranched alkanes of at least 4 members (excludes halogenated alkanes) is 9. The molecule has 0 aliphatic heterocycles. The van der Waals surface area contributed by atoms with Crippen molar-refractivity contribution in [3.05, 3.63) is 65.7 Å². The average Bonchev–Trinajstić information content (AvgIpc) is 2.88. The van der Waals surface area contributed by atoms with Crippen LogP contribution in [0.1, 0.15) is 103 Å². The first-order chi connectivity index (χ1) is 18.3. The maximum atomic E-state index is 13.0. The molecule has 4 heteroatoms. The van der Waals surface area contributed by atoms with Gasteiger partial charge in [-0.25, -0.2) is 0 Å². The molecule has 0 aliphatic carbocycles. The van der Waals surface area contributed by atoms with Crippen molar-refractivity contribution in [3.8, 4) is 5.75 Å². The number of aryl methyl sites for hydroxylation is 1. The lowest BCUT2D eigenvalue weighted by Crippen LogP contribution is -2.45. The van der Waals surface area contributed by atoms with E-state index in [9.17, 15) is 4.79 Å². The number of nitrogens with zero attached hydrogens (tertiary/aromatic N) is 1. The van der Waals surface area contributed by atoms with Gasteiger partial charge in [0, 0.05) is 12.5 Å². The number of hydrogen-bond donors (Lipinski definition) is 0. The molecule has 2 aromatic rings. The number of hydrogen-bond acceptors (Lipinski definition) is 3. The predicted molar refractivity (Wildman–Crippen MR) is 159 cm³/mol. The maximum Gasteiger partial charge on any atom is 0.317 e. The number of rotatable bonds is 20. The summed E-state index contributed by atoms with van der Waals surface area (Å²) in [5, 5.41) is 0. The van der Waals surface area contributed by atoms with Gasteiger partial charge in [-0.2, -0.15) is 0 Å². The second kappa shape index (κ2) is 18.0. The molecular weight excluding hydrogens is 470 g/mol. The van der Waals surface area contributed by atoms with Crippen LogP contribution in [-0.2, 0) is 22.5 Å². The minimum Gasteiger partial charge on any atom is -0.455 e. The van der Waals surface area contributed by atoms with Crippen molar-refractivity contribution in [3.63, 3.8) is 0 Å². The SMILES string of the molecule is CCCCCCCCCCCCc1cccc(OC(C)OC(=O)C(CC)C[N+](C)(C)Cc2ccccc2)c1. The molecule has 0 fully saturated rings. The van der Waals surface area contributed by atoms with Crippen LogP contribution in [0.15, 0.2) is 54.6 Å². The third-order valence-electron chi connectivity index (χ3n) is 7.30. The molecule has 2 unspecified atom stereocenters. The molecule has 38 heavy (non-hydrogen) atoms. The molecule has 0 aromatic heterocycles. The molecule has 0 saturated heterocycles. The molecular formula is C34H54NO3+. The highest BCUT2D eigenvalue weighted by Crippen LogP contribution is 2.20. The van der Waals surface area contributed by atoms with Gasteiger partial charge in [-0.05, 0) is 37.0 Å². The maximum absolute atomic E-state index is 13.0. The summed E-state index contributed by atoms with van der Waals surface area (Å²) in [6, 6.07) is 18.7. The number of quaternary nitrogens is 1. The van der Waals surface area contributed by atoms with Crippen molar-refractivity contribution in [2.24, 2.45) is 5.92 Å². The Labute approximate surface area is 233 Å². The number of carbonyl (C=O) groups excluding carboxylic acids is 1. The van der Waals surface area contributed by atoms with Gasteiger partial charge in [0.2, 0.25) is 6.29 Å². The summed E-state index contributed by atoms with van der Waals surface area (Å²) >= 11 is 0. The molecule has 0 bridgehead atoms. The molecule has 0 N–H and O–H groups in total. The number of carbonyl (C=O) groups is 1. The van der Waals surface area contributed by atoms with Crippen LogP contribution in [0.25, 0.3) is 0 Å². The monoisotopic (exact) mass is 524 g/mol. The van der Waals surface area contributed by atoms with Gasteiger partial charge < -0.3 is 14.0 Å². The molecule has 0 aliphatic rings. The van der Waals surface area contributed by atoms with Crippen molar-refractivity contribution in [1.82, 2.24) is 0 Å². The van der Waals surface area contributed by atoms with Gasteiger partial charge in [0.1, 0.15) is 18.2 Å². The van der Waals surface area contributed by atoms with Gasteiger partial charge in [0.15, 0.2) is 0 Å². The lowest BCUT2D eigenvalue weighted by molar-refractivity contribution is -0.906. The zero-order valence-electron chi connectivity index (χ0n) is 24.9. The smallest absolute Gasteiger partial charge is 0.317 e. The first-order valence-corrected chi connectivity index (χ1v) is 15.1. The Kier molecular flexibility index (Phi) is 15.1. The fourth-order valence-electron chi connectivity index (χ4n) is 5.18. The van der Waals surface area contributed by atoms with E-state index in [1.165, 1.54) is 75.3 Å². The highest BCUT2D eigenvalue weighted by molar-refractivity contribution is 5.72. The Morgan fingerprint density at radius 1 is 0.789 bits per heavy atom. The summed E-state index contributed by atoms with van der Waals surface area (Å²) in [5.74, 6) is 0.423. The fourth-order valence-corrected chi connectivity index (χ4v) is 5.18. The molecule has 0 amide bonds. The van der Waals surface area contributed by atoms with Crippen LogP contribution in [0.5, 0.6) is 5.75 Å². The van der Waals surface area contributed by atoms with E-state index >= 15 is 0 Å². The number of ether oxygens (including phenoxy) is 2. The Morgan fingerprint density at radius 2 is 1.39 bits per heavy atom. The molecule has 4 nitrogen and oxygen atoms in total. The average molecular weight is 525 g/mol. The fraction of sp³-hybridized carbons (Fsp3) is 0.618.